The molecule has 2 aliphatic heterocycles. The Morgan fingerprint density at radius 2 is 1.44 bits per heavy atom. The topological polar surface area (TPSA) is 89.8 Å². The van der Waals surface area contributed by atoms with Crippen LogP contribution in [0.25, 0.3) is 11.0 Å². The lowest BCUT2D eigenvalue weighted by atomic mass is 10.1. The molecule has 52 heavy (non-hydrogen) atoms. The number of nitrogens with zero attached hydrogens (tertiary/aromatic N) is 5. The van der Waals surface area contributed by atoms with Crippen LogP contribution in [0, 0.1) is 0 Å². The van der Waals surface area contributed by atoms with Crippen molar-refractivity contribution in [3.8, 4) is 5.75 Å². The Morgan fingerprint density at radius 1 is 0.788 bits per heavy atom. The number of benzene rings is 3. The van der Waals surface area contributed by atoms with Crippen molar-refractivity contribution >= 4 is 34.3 Å². The number of carbonyl (C=O) groups excluding carboxylic acids is 3. The molecule has 1 aromatic heterocycles. The van der Waals surface area contributed by atoms with Crippen molar-refractivity contribution in [3.05, 3.63) is 95.2 Å². The zero-order valence-electron chi connectivity index (χ0n) is 29.5. The van der Waals surface area contributed by atoms with Crippen LogP contribution in [0.1, 0.15) is 45.9 Å². The standard InChI is InChI=1S/C39H44F3N5O5/c1-3-45(4-2)30-12-9-29-25-35(52-34(29)26-30)37(49)28-10-13-31(14-11-28)51-24-23-43-15-19-46(20-16-43)36(48)27-44-17-21-47(22-18-44)38(50)32-7-5-6-8-33(32)39(40,41)42/h5-14,25-26H,3-4,15-24,27H2,1-2H3. The van der Waals surface area contributed by atoms with Gasteiger partial charge in [0, 0.05) is 94.7 Å². The van der Waals surface area contributed by atoms with Crippen LogP contribution in [0.15, 0.2) is 77.2 Å². The third-order valence-corrected chi connectivity index (χ3v) is 9.86. The molecule has 0 bridgehead atoms. The van der Waals surface area contributed by atoms with Crippen molar-refractivity contribution in [2.24, 2.45) is 0 Å². The molecule has 2 aliphatic rings. The molecule has 0 spiro atoms. The molecule has 2 saturated heterocycles. The molecule has 3 heterocycles. The largest absolute Gasteiger partial charge is 0.492 e. The normalized spacial score (nSPS) is 15.9. The quantitative estimate of drug-likeness (QED) is 0.177. The van der Waals surface area contributed by atoms with Crippen molar-refractivity contribution in [2.75, 3.05) is 90.0 Å². The van der Waals surface area contributed by atoms with E-state index in [2.05, 4.69) is 23.6 Å². The number of fused-ring (bicyclic) bond motifs is 1. The molecule has 2 fully saturated rings. The smallest absolute Gasteiger partial charge is 0.417 e. The van der Waals surface area contributed by atoms with Gasteiger partial charge in [0.05, 0.1) is 17.7 Å². The summed E-state index contributed by atoms with van der Waals surface area (Å²) in [5.41, 5.74) is 0.967. The Labute approximate surface area is 301 Å². The van der Waals surface area contributed by atoms with Crippen molar-refractivity contribution in [2.45, 2.75) is 20.0 Å². The summed E-state index contributed by atoms with van der Waals surface area (Å²) in [7, 11) is 0. The van der Waals surface area contributed by atoms with E-state index in [4.69, 9.17) is 9.15 Å². The Hall–Kier alpha value is -4.88. The van der Waals surface area contributed by atoms with Gasteiger partial charge >= 0.3 is 6.18 Å². The lowest BCUT2D eigenvalue weighted by Crippen LogP contribution is -2.54. The van der Waals surface area contributed by atoms with Crippen LogP contribution in [0.5, 0.6) is 5.75 Å². The number of hydrogen-bond donors (Lipinski definition) is 0. The average Bonchev–Trinajstić information content (AvgIpc) is 3.59. The number of halogens is 3. The lowest BCUT2D eigenvalue weighted by molar-refractivity contribution is -0.138. The molecule has 0 saturated carbocycles. The fourth-order valence-electron chi connectivity index (χ4n) is 6.76. The average molecular weight is 720 g/mol. The number of piperazine rings is 2. The molecule has 276 valence electrons. The summed E-state index contributed by atoms with van der Waals surface area (Å²) in [6.45, 7) is 11.2. The number of ether oxygens (including phenoxy) is 1. The highest BCUT2D eigenvalue weighted by Crippen LogP contribution is 2.32. The highest BCUT2D eigenvalue weighted by atomic mass is 19.4. The van der Waals surface area contributed by atoms with Gasteiger partial charge in [0.25, 0.3) is 5.91 Å². The molecular formula is C39H44F3N5O5. The minimum absolute atomic E-state index is 0.000223. The summed E-state index contributed by atoms with van der Waals surface area (Å²) in [4.78, 5) is 48.7. The fraction of sp³-hybridized carbons (Fsp3) is 0.410. The van der Waals surface area contributed by atoms with Gasteiger partial charge in [-0.1, -0.05) is 12.1 Å². The van der Waals surface area contributed by atoms with Crippen LogP contribution in [0.4, 0.5) is 18.9 Å². The van der Waals surface area contributed by atoms with E-state index < -0.39 is 17.6 Å². The van der Waals surface area contributed by atoms with Crippen LogP contribution in [0.2, 0.25) is 0 Å². The van der Waals surface area contributed by atoms with Crippen LogP contribution in [0.3, 0.4) is 0 Å². The molecule has 0 N–H and O–H groups in total. The number of furan rings is 1. The molecule has 6 rings (SSSR count). The zero-order chi connectivity index (χ0) is 36.8. The molecule has 0 radical (unpaired) electrons. The van der Waals surface area contributed by atoms with Gasteiger partial charge in [0.2, 0.25) is 11.7 Å². The van der Waals surface area contributed by atoms with Crippen molar-refractivity contribution < 1.29 is 36.7 Å². The van der Waals surface area contributed by atoms with Gasteiger partial charge in [-0.15, -0.1) is 0 Å². The van der Waals surface area contributed by atoms with E-state index in [1.165, 1.54) is 23.1 Å². The molecule has 0 unspecified atom stereocenters. The summed E-state index contributed by atoms with van der Waals surface area (Å²) in [6, 6.07) is 19.6. The van der Waals surface area contributed by atoms with Gasteiger partial charge < -0.3 is 23.9 Å². The third-order valence-electron chi connectivity index (χ3n) is 9.86. The van der Waals surface area contributed by atoms with E-state index in [-0.39, 0.29) is 36.9 Å². The summed E-state index contributed by atoms with van der Waals surface area (Å²) < 4.78 is 52.1. The fourth-order valence-corrected chi connectivity index (χ4v) is 6.76. The minimum Gasteiger partial charge on any atom is -0.492 e. The van der Waals surface area contributed by atoms with Crippen LogP contribution < -0.4 is 9.64 Å². The predicted molar refractivity (Wildman–Crippen MR) is 192 cm³/mol. The number of ketones is 1. The highest BCUT2D eigenvalue weighted by molar-refractivity contribution is 6.09. The first-order chi connectivity index (χ1) is 25.0. The number of alkyl halides is 3. The molecular weight excluding hydrogens is 675 g/mol. The second-order valence-electron chi connectivity index (χ2n) is 13.0. The van der Waals surface area contributed by atoms with E-state index in [0.29, 0.717) is 75.1 Å². The first-order valence-corrected chi connectivity index (χ1v) is 17.8. The second kappa shape index (κ2) is 16.2. The summed E-state index contributed by atoms with van der Waals surface area (Å²) >= 11 is 0. The maximum atomic E-state index is 13.4. The number of amides is 2. The van der Waals surface area contributed by atoms with Gasteiger partial charge in [0.15, 0.2) is 5.76 Å². The lowest BCUT2D eigenvalue weighted by Gasteiger charge is -2.38. The minimum atomic E-state index is -4.61. The first-order valence-electron chi connectivity index (χ1n) is 17.8. The van der Waals surface area contributed by atoms with Crippen molar-refractivity contribution in [3.63, 3.8) is 0 Å². The number of anilines is 1. The number of rotatable bonds is 12. The monoisotopic (exact) mass is 719 g/mol. The Balaban J connectivity index is 0.901. The summed E-state index contributed by atoms with van der Waals surface area (Å²) in [6.07, 6.45) is -4.61. The molecule has 4 aromatic rings. The SMILES string of the molecule is CCN(CC)c1ccc2cc(C(=O)c3ccc(OCCN4CCN(C(=O)CN5CCN(C(=O)c6ccccc6C(F)(F)F)CC5)CC4)cc3)oc2c1. The maximum absolute atomic E-state index is 13.4. The molecule has 0 atom stereocenters. The molecule has 3 aromatic carbocycles. The summed E-state index contributed by atoms with van der Waals surface area (Å²) in [5.74, 6) is 0.115. The highest BCUT2D eigenvalue weighted by Gasteiger charge is 2.36. The summed E-state index contributed by atoms with van der Waals surface area (Å²) in [5, 5.41) is 0.882. The number of hydrogen-bond acceptors (Lipinski definition) is 8. The first kappa shape index (κ1) is 36.9. The molecule has 13 heteroatoms. The van der Waals surface area contributed by atoms with Gasteiger partial charge in [-0.05, 0) is 68.4 Å². The Kier molecular flexibility index (Phi) is 11.5. The number of carbonyl (C=O) groups is 3. The molecule has 0 aliphatic carbocycles. The third kappa shape index (κ3) is 8.59. The Morgan fingerprint density at radius 3 is 2.12 bits per heavy atom. The molecule has 2 amide bonds. The van der Waals surface area contributed by atoms with Crippen LogP contribution >= 0.6 is 0 Å². The van der Waals surface area contributed by atoms with Gasteiger partial charge in [-0.25, -0.2) is 0 Å². The van der Waals surface area contributed by atoms with Gasteiger partial charge in [-0.2, -0.15) is 13.2 Å². The van der Waals surface area contributed by atoms with E-state index in [0.717, 1.165) is 30.2 Å². The maximum Gasteiger partial charge on any atom is 0.417 e. The van der Waals surface area contributed by atoms with Crippen LogP contribution in [-0.2, 0) is 11.0 Å². The van der Waals surface area contributed by atoms with Crippen LogP contribution in [-0.4, -0.2) is 122 Å². The van der Waals surface area contributed by atoms with E-state index in [1.54, 1.807) is 30.3 Å². The van der Waals surface area contributed by atoms with E-state index in [9.17, 15) is 27.6 Å². The van der Waals surface area contributed by atoms with E-state index in [1.807, 2.05) is 28.0 Å². The molecule has 10 nitrogen and oxygen atoms in total. The van der Waals surface area contributed by atoms with E-state index >= 15 is 0 Å². The van der Waals surface area contributed by atoms with Crippen molar-refractivity contribution in [1.82, 2.24) is 19.6 Å². The van der Waals surface area contributed by atoms with Gasteiger partial charge in [0.1, 0.15) is 17.9 Å². The predicted octanol–water partition coefficient (Wildman–Crippen LogP) is 5.51. The van der Waals surface area contributed by atoms with Gasteiger partial charge in [-0.3, -0.25) is 24.2 Å². The second-order valence-corrected chi connectivity index (χ2v) is 13.0. The zero-order valence-corrected chi connectivity index (χ0v) is 29.5. The van der Waals surface area contributed by atoms with Crippen molar-refractivity contribution in [1.29, 1.82) is 0 Å². The Bertz CT molecular complexity index is 1860.